The molecule has 3 rings (SSSR count). The standard InChI is InChI=1S/C19H28F3N5O.HI/c1-14(19(20,21)22)26-7-9-27(10-8-26)18(23-2)25-12-16-5-6-24-17(11-16)28-13-15-3-4-15;/h5-6,11,14-15H,3-4,7-10,12-13H2,1-2H3,(H,23,25);1H. The number of alkyl halides is 3. The first kappa shape index (κ1) is 24.0. The van der Waals surface area contributed by atoms with E-state index in [0.29, 0.717) is 57.1 Å². The van der Waals surface area contributed by atoms with Gasteiger partial charge in [0, 0.05) is 52.0 Å². The van der Waals surface area contributed by atoms with E-state index in [2.05, 4.69) is 15.3 Å². The lowest BCUT2D eigenvalue weighted by Gasteiger charge is -2.39. The number of pyridine rings is 1. The Labute approximate surface area is 186 Å². The Balaban J connectivity index is 0.00000300. The lowest BCUT2D eigenvalue weighted by Crippen LogP contribution is -2.56. The zero-order chi connectivity index (χ0) is 20.1. The van der Waals surface area contributed by atoms with Gasteiger partial charge < -0.3 is 15.0 Å². The van der Waals surface area contributed by atoms with E-state index in [4.69, 9.17) is 4.74 Å². The van der Waals surface area contributed by atoms with E-state index < -0.39 is 12.2 Å². The molecule has 29 heavy (non-hydrogen) atoms. The third-order valence-electron chi connectivity index (χ3n) is 5.26. The van der Waals surface area contributed by atoms with Crippen LogP contribution < -0.4 is 10.1 Å². The summed E-state index contributed by atoms with van der Waals surface area (Å²) in [6.45, 7) is 4.21. The number of hydrogen-bond donors (Lipinski definition) is 1. The predicted octanol–water partition coefficient (Wildman–Crippen LogP) is 3.13. The quantitative estimate of drug-likeness (QED) is 0.350. The van der Waals surface area contributed by atoms with Crippen molar-refractivity contribution < 1.29 is 17.9 Å². The number of ether oxygens (including phenoxy) is 1. The maximum absolute atomic E-state index is 12.9. The fraction of sp³-hybridized carbons (Fsp3) is 0.684. The first-order chi connectivity index (χ1) is 13.4. The SMILES string of the molecule is CN=C(NCc1ccnc(OCC2CC2)c1)N1CCN(C(C)C(F)(F)F)CC1.I. The van der Waals surface area contributed by atoms with Crippen molar-refractivity contribution in [1.29, 1.82) is 0 Å². The Morgan fingerprint density at radius 3 is 2.59 bits per heavy atom. The highest BCUT2D eigenvalue weighted by atomic mass is 127. The molecule has 0 amide bonds. The van der Waals surface area contributed by atoms with E-state index >= 15 is 0 Å². The molecule has 2 aliphatic rings. The topological polar surface area (TPSA) is 53.0 Å². The number of nitrogens with one attached hydrogen (secondary N) is 1. The predicted molar refractivity (Wildman–Crippen MR) is 117 cm³/mol. The first-order valence-electron chi connectivity index (χ1n) is 9.71. The third-order valence-corrected chi connectivity index (χ3v) is 5.26. The van der Waals surface area contributed by atoms with Crippen molar-refractivity contribution >= 4 is 29.9 Å². The van der Waals surface area contributed by atoms with Crippen molar-refractivity contribution in [2.24, 2.45) is 10.9 Å². The van der Waals surface area contributed by atoms with Gasteiger partial charge in [0.1, 0.15) is 6.04 Å². The molecule has 10 heteroatoms. The first-order valence-corrected chi connectivity index (χ1v) is 9.71. The van der Waals surface area contributed by atoms with Crippen LogP contribution in [0.2, 0.25) is 0 Å². The number of halogens is 4. The molecule has 1 N–H and O–H groups in total. The molecule has 0 bridgehead atoms. The van der Waals surface area contributed by atoms with E-state index in [1.165, 1.54) is 24.7 Å². The van der Waals surface area contributed by atoms with Gasteiger partial charge in [0.15, 0.2) is 5.96 Å². The number of hydrogen-bond acceptors (Lipinski definition) is 4. The van der Waals surface area contributed by atoms with Crippen LogP contribution >= 0.6 is 24.0 Å². The lowest BCUT2D eigenvalue weighted by atomic mass is 10.2. The molecule has 6 nitrogen and oxygen atoms in total. The minimum absolute atomic E-state index is 0. The molecular weight excluding hydrogens is 498 g/mol. The van der Waals surface area contributed by atoms with E-state index in [-0.39, 0.29) is 24.0 Å². The van der Waals surface area contributed by atoms with Crippen molar-refractivity contribution in [3.63, 3.8) is 0 Å². The molecule has 1 aliphatic heterocycles. The minimum atomic E-state index is -4.19. The Morgan fingerprint density at radius 2 is 2.00 bits per heavy atom. The molecular formula is C19H29F3IN5O. The van der Waals surface area contributed by atoms with E-state index in [0.717, 1.165) is 5.56 Å². The van der Waals surface area contributed by atoms with Crippen molar-refractivity contribution in [3.8, 4) is 5.88 Å². The second-order valence-corrected chi connectivity index (χ2v) is 7.40. The smallest absolute Gasteiger partial charge is 0.403 e. The van der Waals surface area contributed by atoms with Crippen LogP contribution in [-0.4, -0.2) is 72.8 Å². The van der Waals surface area contributed by atoms with Gasteiger partial charge in [-0.2, -0.15) is 13.2 Å². The fourth-order valence-corrected chi connectivity index (χ4v) is 3.17. The molecule has 2 heterocycles. The lowest BCUT2D eigenvalue weighted by molar-refractivity contribution is -0.181. The van der Waals surface area contributed by atoms with Crippen molar-refractivity contribution in [1.82, 2.24) is 20.1 Å². The minimum Gasteiger partial charge on any atom is -0.477 e. The summed E-state index contributed by atoms with van der Waals surface area (Å²) in [7, 11) is 1.68. The monoisotopic (exact) mass is 527 g/mol. The van der Waals surface area contributed by atoms with Crippen molar-refractivity contribution in [2.45, 2.75) is 38.5 Å². The van der Waals surface area contributed by atoms with Crippen LogP contribution in [0.3, 0.4) is 0 Å². The molecule has 1 aromatic rings. The van der Waals surface area contributed by atoms with Gasteiger partial charge in [0.2, 0.25) is 5.88 Å². The van der Waals surface area contributed by atoms with Gasteiger partial charge >= 0.3 is 6.18 Å². The van der Waals surface area contributed by atoms with Gasteiger partial charge in [-0.05, 0) is 37.3 Å². The molecule has 1 aromatic heterocycles. The number of nitrogens with zero attached hydrogens (tertiary/aromatic N) is 4. The van der Waals surface area contributed by atoms with Crippen LogP contribution in [-0.2, 0) is 6.54 Å². The molecule has 164 valence electrons. The molecule has 0 spiro atoms. The summed E-state index contributed by atoms with van der Waals surface area (Å²) in [5, 5.41) is 3.29. The summed E-state index contributed by atoms with van der Waals surface area (Å²) in [5.41, 5.74) is 1.02. The van der Waals surface area contributed by atoms with Crippen LogP contribution in [0.4, 0.5) is 13.2 Å². The summed E-state index contributed by atoms with van der Waals surface area (Å²) in [5.74, 6) is 1.98. The summed E-state index contributed by atoms with van der Waals surface area (Å²) < 4.78 is 44.4. The summed E-state index contributed by atoms with van der Waals surface area (Å²) >= 11 is 0. The van der Waals surface area contributed by atoms with Gasteiger partial charge in [-0.3, -0.25) is 9.89 Å². The Hall–Kier alpha value is -1.30. The van der Waals surface area contributed by atoms with E-state index in [9.17, 15) is 13.2 Å². The molecule has 1 aliphatic carbocycles. The van der Waals surface area contributed by atoms with Gasteiger partial charge in [-0.15, -0.1) is 24.0 Å². The Morgan fingerprint density at radius 1 is 1.31 bits per heavy atom. The Kier molecular flexibility index (Phi) is 8.80. The highest BCUT2D eigenvalue weighted by Crippen LogP contribution is 2.29. The maximum atomic E-state index is 12.9. The second kappa shape index (κ2) is 10.6. The highest BCUT2D eigenvalue weighted by molar-refractivity contribution is 14.0. The number of aliphatic imine (C=N–C) groups is 1. The molecule has 1 unspecified atom stereocenters. The number of rotatable bonds is 6. The number of piperazine rings is 1. The van der Waals surface area contributed by atoms with Crippen LogP contribution in [0.1, 0.15) is 25.3 Å². The van der Waals surface area contributed by atoms with E-state index in [1.807, 2.05) is 17.0 Å². The molecule has 1 saturated heterocycles. The zero-order valence-corrected chi connectivity index (χ0v) is 19.1. The van der Waals surface area contributed by atoms with Gasteiger partial charge in [0.25, 0.3) is 0 Å². The molecule has 0 radical (unpaired) electrons. The van der Waals surface area contributed by atoms with Gasteiger partial charge in [0.05, 0.1) is 6.61 Å². The average molecular weight is 527 g/mol. The maximum Gasteiger partial charge on any atom is 0.403 e. The van der Waals surface area contributed by atoms with Crippen molar-refractivity contribution in [2.75, 3.05) is 39.8 Å². The average Bonchev–Trinajstić information content (AvgIpc) is 3.51. The highest BCUT2D eigenvalue weighted by Gasteiger charge is 2.41. The third kappa shape index (κ3) is 7.16. The summed E-state index contributed by atoms with van der Waals surface area (Å²) in [6.07, 6.45) is -0.0127. The van der Waals surface area contributed by atoms with Crippen LogP contribution in [0.5, 0.6) is 5.88 Å². The molecule has 1 saturated carbocycles. The second-order valence-electron chi connectivity index (χ2n) is 7.40. The molecule has 2 fully saturated rings. The largest absolute Gasteiger partial charge is 0.477 e. The fourth-order valence-electron chi connectivity index (χ4n) is 3.17. The Bertz CT molecular complexity index is 676. The van der Waals surface area contributed by atoms with E-state index in [1.54, 1.807) is 13.2 Å². The van der Waals surface area contributed by atoms with Gasteiger partial charge in [-0.1, -0.05) is 0 Å². The molecule has 0 aromatic carbocycles. The normalized spacial score (nSPS) is 19.5. The number of aromatic nitrogens is 1. The molecule has 1 atom stereocenters. The van der Waals surface area contributed by atoms with Crippen LogP contribution in [0.15, 0.2) is 23.3 Å². The van der Waals surface area contributed by atoms with Gasteiger partial charge in [-0.25, -0.2) is 4.98 Å². The zero-order valence-electron chi connectivity index (χ0n) is 16.8. The van der Waals surface area contributed by atoms with Crippen LogP contribution in [0.25, 0.3) is 0 Å². The number of guanidine groups is 1. The van der Waals surface area contributed by atoms with Crippen molar-refractivity contribution in [3.05, 3.63) is 23.9 Å². The summed E-state index contributed by atoms with van der Waals surface area (Å²) in [4.78, 5) is 12.0. The van der Waals surface area contributed by atoms with Crippen LogP contribution in [0, 0.1) is 5.92 Å². The summed E-state index contributed by atoms with van der Waals surface area (Å²) in [6, 6.07) is 2.40.